The molecule has 1 aromatic heterocycles. The van der Waals surface area contributed by atoms with E-state index in [9.17, 15) is 4.79 Å². The van der Waals surface area contributed by atoms with Crippen LogP contribution in [0, 0.1) is 0 Å². The topological polar surface area (TPSA) is 63.2 Å². The average molecular weight is 267 g/mol. The van der Waals surface area contributed by atoms with Gasteiger partial charge in [0.05, 0.1) is 23.8 Å². The molecule has 2 aliphatic heterocycles. The predicted molar refractivity (Wildman–Crippen MR) is 69.7 cm³/mol. The zero-order valence-electron chi connectivity index (χ0n) is 10.2. The van der Waals surface area contributed by atoms with Crippen molar-refractivity contribution < 1.29 is 9.53 Å². The maximum atomic E-state index is 11.8. The Morgan fingerprint density at radius 1 is 1.44 bits per heavy atom. The second-order valence-corrected chi connectivity index (χ2v) is 5.76. The highest BCUT2D eigenvalue weighted by molar-refractivity contribution is 7.15. The van der Waals surface area contributed by atoms with Crippen molar-refractivity contribution in [3.8, 4) is 0 Å². The summed E-state index contributed by atoms with van der Waals surface area (Å²) in [5.74, 6) is 0.0944. The van der Waals surface area contributed by atoms with Gasteiger partial charge in [0, 0.05) is 13.0 Å². The van der Waals surface area contributed by atoms with E-state index in [1.807, 2.05) is 0 Å². The standard InChI is InChI=1S/C12H17N3O2S/c16-11-9(3-1-2-5-13-11)15-12-14-8-4-6-17-7-10(8)18-12/h9H,1-7H2,(H,13,16)(H,14,15)/t9-/m0/s1. The lowest BCUT2D eigenvalue weighted by molar-refractivity contribution is -0.121. The van der Waals surface area contributed by atoms with Gasteiger partial charge in [-0.15, -0.1) is 0 Å². The number of aromatic nitrogens is 1. The normalized spacial score (nSPS) is 24.0. The fourth-order valence-electron chi connectivity index (χ4n) is 2.31. The van der Waals surface area contributed by atoms with Crippen LogP contribution in [-0.2, 0) is 22.6 Å². The van der Waals surface area contributed by atoms with Gasteiger partial charge in [0.1, 0.15) is 6.04 Å². The molecule has 5 nitrogen and oxygen atoms in total. The van der Waals surface area contributed by atoms with E-state index >= 15 is 0 Å². The van der Waals surface area contributed by atoms with E-state index in [1.54, 1.807) is 11.3 Å². The average Bonchev–Trinajstić information content (AvgIpc) is 2.68. The smallest absolute Gasteiger partial charge is 0.242 e. The molecule has 1 fully saturated rings. The molecular weight excluding hydrogens is 250 g/mol. The number of carbonyl (C=O) groups is 1. The van der Waals surface area contributed by atoms with Crippen LogP contribution < -0.4 is 10.6 Å². The van der Waals surface area contributed by atoms with E-state index < -0.39 is 0 Å². The number of fused-ring (bicyclic) bond motifs is 1. The molecule has 1 amide bonds. The van der Waals surface area contributed by atoms with Crippen molar-refractivity contribution in [2.24, 2.45) is 0 Å². The molecule has 3 rings (SSSR count). The molecule has 98 valence electrons. The van der Waals surface area contributed by atoms with Crippen LogP contribution >= 0.6 is 11.3 Å². The van der Waals surface area contributed by atoms with Crippen molar-refractivity contribution in [2.45, 2.75) is 38.3 Å². The largest absolute Gasteiger partial charge is 0.375 e. The predicted octanol–water partition coefficient (Wildman–Crippen LogP) is 1.30. The first-order chi connectivity index (χ1) is 8.83. The third kappa shape index (κ3) is 2.49. The molecule has 0 aromatic carbocycles. The molecule has 1 saturated heterocycles. The van der Waals surface area contributed by atoms with Gasteiger partial charge in [-0.05, 0) is 19.3 Å². The van der Waals surface area contributed by atoms with E-state index in [0.29, 0.717) is 6.61 Å². The molecule has 6 heteroatoms. The van der Waals surface area contributed by atoms with Crippen molar-refractivity contribution in [1.29, 1.82) is 0 Å². The van der Waals surface area contributed by atoms with Crippen molar-refractivity contribution in [3.63, 3.8) is 0 Å². The first-order valence-electron chi connectivity index (χ1n) is 6.43. The van der Waals surface area contributed by atoms with Crippen LogP contribution in [0.3, 0.4) is 0 Å². The minimum Gasteiger partial charge on any atom is -0.375 e. The van der Waals surface area contributed by atoms with Gasteiger partial charge in [0.15, 0.2) is 5.13 Å². The second kappa shape index (κ2) is 5.24. The molecule has 1 aromatic rings. The Balaban J connectivity index is 1.71. The van der Waals surface area contributed by atoms with E-state index in [2.05, 4.69) is 15.6 Å². The number of hydrogen-bond donors (Lipinski definition) is 2. The molecule has 2 aliphatic rings. The summed E-state index contributed by atoms with van der Waals surface area (Å²) in [5.41, 5.74) is 1.13. The summed E-state index contributed by atoms with van der Waals surface area (Å²) >= 11 is 1.61. The van der Waals surface area contributed by atoms with Crippen molar-refractivity contribution in [3.05, 3.63) is 10.6 Å². The molecule has 1 atom stereocenters. The third-order valence-electron chi connectivity index (χ3n) is 3.33. The zero-order chi connectivity index (χ0) is 12.4. The van der Waals surface area contributed by atoms with Crippen LogP contribution in [0.15, 0.2) is 0 Å². The molecule has 0 bridgehead atoms. The van der Waals surface area contributed by atoms with Gasteiger partial charge in [-0.25, -0.2) is 4.98 Å². The highest BCUT2D eigenvalue weighted by Gasteiger charge is 2.23. The van der Waals surface area contributed by atoms with Gasteiger partial charge < -0.3 is 15.4 Å². The van der Waals surface area contributed by atoms with Crippen LogP contribution in [0.1, 0.15) is 29.8 Å². The number of anilines is 1. The molecule has 3 heterocycles. The monoisotopic (exact) mass is 267 g/mol. The van der Waals surface area contributed by atoms with Crippen LogP contribution in [0.5, 0.6) is 0 Å². The minimum absolute atomic E-state index is 0.0944. The fraction of sp³-hybridized carbons (Fsp3) is 0.667. The Morgan fingerprint density at radius 2 is 2.39 bits per heavy atom. The number of hydrogen-bond acceptors (Lipinski definition) is 5. The zero-order valence-corrected chi connectivity index (χ0v) is 11.0. The minimum atomic E-state index is -0.138. The highest BCUT2D eigenvalue weighted by atomic mass is 32.1. The summed E-state index contributed by atoms with van der Waals surface area (Å²) in [7, 11) is 0. The molecule has 0 radical (unpaired) electrons. The lowest BCUT2D eigenvalue weighted by Gasteiger charge is -2.13. The quantitative estimate of drug-likeness (QED) is 0.847. The molecule has 2 N–H and O–H groups in total. The molecule has 0 aliphatic carbocycles. The maximum Gasteiger partial charge on any atom is 0.242 e. The highest BCUT2D eigenvalue weighted by Crippen LogP contribution is 2.28. The third-order valence-corrected chi connectivity index (χ3v) is 4.33. The summed E-state index contributed by atoms with van der Waals surface area (Å²) in [5, 5.41) is 7.05. The number of nitrogens with one attached hydrogen (secondary N) is 2. The Bertz CT molecular complexity index is 423. The summed E-state index contributed by atoms with van der Waals surface area (Å²) in [6.07, 6.45) is 3.90. The second-order valence-electron chi connectivity index (χ2n) is 4.68. The number of carbonyl (C=O) groups excluding carboxylic acids is 1. The van der Waals surface area contributed by atoms with Crippen molar-refractivity contribution in [2.75, 3.05) is 18.5 Å². The van der Waals surface area contributed by atoms with Gasteiger partial charge >= 0.3 is 0 Å². The van der Waals surface area contributed by atoms with Gasteiger partial charge in [-0.1, -0.05) is 11.3 Å². The summed E-state index contributed by atoms with van der Waals surface area (Å²) in [6.45, 7) is 2.20. The van der Waals surface area contributed by atoms with Crippen molar-refractivity contribution in [1.82, 2.24) is 10.3 Å². The Hall–Kier alpha value is -1.14. The van der Waals surface area contributed by atoms with Crippen LogP contribution in [0.2, 0.25) is 0 Å². The number of amides is 1. The summed E-state index contributed by atoms with van der Waals surface area (Å²) in [6, 6.07) is -0.138. The van der Waals surface area contributed by atoms with E-state index in [0.717, 1.165) is 49.7 Å². The van der Waals surface area contributed by atoms with Gasteiger partial charge in [0.2, 0.25) is 5.91 Å². The summed E-state index contributed by atoms with van der Waals surface area (Å²) < 4.78 is 5.40. The van der Waals surface area contributed by atoms with Crippen molar-refractivity contribution >= 4 is 22.4 Å². The molecular formula is C12H17N3O2S. The van der Waals surface area contributed by atoms with Crippen LogP contribution in [-0.4, -0.2) is 30.1 Å². The number of thiazole rings is 1. The lowest BCUT2D eigenvalue weighted by atomic mass is 10.1. The van der Waals surface area contributed by atoms with Crippen LogP contribution in [0.4, 0.5) is 5.13 Å². The Morgan fingerprint density at radius 3 is 3.28 bits per heavy atom. The number of nitrogens with zero attached hydrogens (tertiary/aromatic N) is 1. The number of rotatable bonds is 2. The number of ether oxygens (including phenoxy) is 1. The summed E-state index contributed by atoms with van der Waals surface area (Å²) in [4.78, 5) is 17.6. The van der Waals surface area contributed by atoms with E-state index in [4.69, 9.17) is 4.74 Å². The lowest BCUT2D eigenvalue weighted by Crippen LogP contribution is -2.37. The molecule has 0 unspecified atom stereocenters. The molecule has 0 saturated carbocycles. The Kier molecular flexibility index (Phi) is 3.47. The van der Waals surface area contributed by atoms with Crippen LogP contribution in [0.25, 0.3) is 0 Å². The maximum absolute atomic E-state index is 11.8. The Labute approximate surface area is 110 Å². The van der Waals surface area contributed by atoms with Gasteiger partial charge in [0.25, 0.3) is 0 Å². The van der Waals surface area contributed by atoms with E-state index in [1.165, 1.54) is 4.88 Å². The SMILES string of the molecule is O=C1NCCCC[C@@H]1Nc1nc2c(s1)COCC2. The first kappa shape index (κ1) is 11.9. The van der Waals surface area contributed by atoms with Gasteiger partial charge in [-0.2, -0.15) is 0 Å². The molecule has 18 heavy (non-hydrogen) atoms. The molecule has 0 spiro atoms. The fourth-order valence-corrected chi connectivity index (χ4v) is 3.31. The van der Waals surface area contributed by atoms with E-state index in [-0.39, 0.29) is 11.9 Å². The first-order valence-corrected chi connectivity index (χ1v) is 7.25. The van der Waals surface area contributed by atoms with Gasteiger partial charge in [-0.3, -0.25) is 4.79 Å².